The van der Waals surface area contributed by atoms with Crippen LogP contribution in [0.3, 0.4) is 0 Å². The summed E-state index contributed by atoms with van der Waals surface area (Å²) in [6.45, 7) is 4.30. The first-order valence-electron chi connectivity index (χ1n) is 6.65. The van der Waals surface area contributed by atoms with E-state index in [1.807, 2.05) is 19.2 Å². The fourth-order valence-electron chi connectivity index (χ4n) is 1.62. The number of hydrogen-bond acceptors (Lipinski definition) is 4. The summed E-state index contributed by atoms with van der Waals surface area (Å²) in [6, 6.07) is 3.54. The Hall–Kier alpha value is -1.40. The predicted molar refractivity (Wildman–Crippen MR) is 79.8 cm³/mol. The molecule has 0 fully saturated rings. The summed E-state index contributed by atoms with van der Waals surface area (Å²) in [5.41, 5.74) is 0. The van der Waals surface area contributed by atoms with Crippen LogP contribution in [0.5, 0.6) is 0 Å². The van der Waals surface area contributed by atoms with E-state index in [0.717, 1.165) is 0 Å². The first-order chi connectivity index (χ1) is 9.41. The van der Waals surface area contributed by atoms with Gasteiger partial charge in [0, 0.05) is 13.6 Å². The molecule has 1 rings (SSSR count). The molecule has 1 aromatic heterocycles. The highest BCUT2D eigenvalue weighted by Crippen LogP contribution is 2.10. The van der Waals surface area contributed by atoms with Crippen LogP contribution in [0.4, 0.5) is 0 Å². The number of amides is 2. The van der Waals surface area contributed by atoms with Gasteiger partial charge in [-0.2, -0.15) is 0 Å². The van der Waals surface area contributed by atoms with E-state index in [0.29, 0.717) is 17.8 Å². The Morgan fingerprint density at radius 2 is 2.15 bits per heavy atom. The largest absolute Gasteiger partial charge is 0.393 e. The van der Waals surface area contributed by atoms with Gasteiger partial charge in [0.15, 0.2) is 0 Å². The average molecular weight is 298 g/mol. The summed E-state index contributed by atoms with van der Waals surface area (Å²) in [5, 5.41) is 14.2. The van der Waals surface area contributed by atoms with Crippen LogP contribution in [-0.2, 0) is 4.79 Å². The second kappa shape index (κ2) is 8.01. The van der Waals surface area contributed by atoms with E-state index in [-0.39, 0.29) is 24.3 Å². The molecule has 0 spiro atoms. The lowest BCUT2D eigenvalue weighted by molar-refractivity contribution is -0.121. The average Bonchev–Trinajstić information content (AvgIpc) is 2.91. The van der Waals surface area contributed by atoms with E-state index in [1.54, 1.807) is 19.2 Å². The van der Waals surface area contributed by atoms with E-state index in [9.17, 15) is 14.7 Å². The maximum atomic E-state index is 11.9. The fraction of sp³-hybridized carbons (Fsp3) is 0.571. The van der Waals surface area contributed by atoms with Crippen LogP contribution in [0, 0.1) is 5.92 Å². The highest BCUT2D eigenvalue weighted by atomic mass is 32.1. The smallest absolute Gasteiger partial charge is 0.264 e. The zero-order valence-electron chi connectivity index (χ0n) is 12.1. The molecule has 0 bridgehead atoms. The van der Waals surface area contributed by atoms with Crippen molar-refractivity contribution in [3.8, 4) is 0 Å². The van der Waals surface area contributed by atoms with Crippen LogP contribution in [-0.4, -0.2) is 48.1 Å². The highest BCUT2D eigenvalue weighted by Gasteiger charge is 2.16. The minimum atomic E-state index is -0.416. The van der Waals surface area contributed by atoms with Gasteiger partial charge >= 0.3 is 0 Å². The molecule has 1 heterocycles. The second-order valence-corrected chi connectivity index (χ2v) is 6.04. The van der Waals surface area contributed by atoms with Crippen molar-refractivity contribution in [3.63, 3.8) is 0 Å². The Labute approximate surface area is 123 Å². The van der Waals surface area contributed by atoms with Crippen LogP contribution in [0.15, 0.2) is 17.5 Å². The Morgan fingerprint density at radius 1 is 1.45 bits per heavy atom. The first-order valence-corrected chi connectivity index (χ1v) is 7.53. The van der Waals surface area contributed by atoms with Crippen molar-refractivity contribution in [2.45, 2.75) is 26.4 Å². The van der Waals surface area contributed by atoms with Gasteiger partial charge in [0.2, 0.25) is 5.91 Å². The molecule has 0 aliphatic carbocycles. The van der Waals surface area contributed by atoms with Crippen molar-refractivity contribution in [2.24, 2.45) is 5.92 Å². The Kier molecular flexibility index (Phi) is 6.67. The summed E-state index contributed by atoms with van der Waals surface area (Å²) in [5.74, 6) is -0.194. The minimum Gasteiger partial charge on any atom is -0.393 e. The summed E-state index contributed by atoms with van der Waals surface area (Å²) in [4.78, 5) is 25.6. The Morgan fingerprint density at radius 3 is 2.70 bits per heavy atom. The van der Waals surface area contributed by atoms with Crippen molar-refractivity contribution < 1.29 is 14.7 Å². The third-order valence-electron chi connectivity index (χ3n) is 2.99. The number of rotatable bonds is 7. The lowest BCUT2D eigenvalue weighted by Crippen LogP contribution is -2.39. The maximum absolute atomic E-state index is 11.9. The summed E-state index contributed by atoms with van der Waals surface area (Å²) in [7, 11) is 1.60. The number of aliphatic hydroxyl groups excluding tert-OH is 1. The molecule has 1 atom stereocenters. The number of nitrogens with zero attached hydrogens (tertiary/aromatic N) is 1. The third kappa shape index (κ3) is 5.30. The number of nitrogens with one attached hydrogen (secondary N) is 1. The van der Waals surface area contributed by atoms with Crippen molar-refractivity contribution in [1.82, 2.24) is 10.2 Å². The van der Waals surface area contributed by atoms with Gasteiger partial charge in [0.1, 0.15) is 0 Å². The summed E-state index contributed by atoms with van der Waals surface area (Å²) < 4.78 is 0. The number of aliphatic hydroxyl groups is 1. The molecule has 0 aliphatic rings. The van der Waals surface area contributed by atoms with Gasteiger partial charge in [-0.05, 0) is 23.8 Å². The Bertz CT molecular complexity index is 432. The third-order valence-corrected chi connectivity index (χ3v) is 3.85. The SMILES string of the molecule is CC(C)C(O)CCNC(=O)CN(C)C(=O)c1cccs1. The highest BCUT2D eigenvalue weighted by molar-refractivity contribution is 7.12. The molecular formula is C14H22N2O3S. The second-order valence-electron chi connectivity index (χ2n) is 5.09. The molecule has 1 aromatic rings. The fourth-order valence-corrected chi connectivity index (χ4v) is 2.34. The van der Waals surface area contributed by atoms with Gasteiger partial charge in [-0.1, -0.05) is 19.9 Å². The van der Waals surface area contributed by atoms with E-state index in [4.69, 9.17) is 0 Å². The molecule has 1 unspecified atom stereocenters. The normalized spacial score (nSPS) is 12.2. The van der Waals surface area contributed by atoms with Crippen molar-refractivity contribution in [3.05, 3.63) is 22.4 Å². The number of carbonyl (C=O) groups is 2. The van der Waals surface area contributed by atoms with Crippen molar-refractivity contribution >= 4 is 23.2 Å². The van der Waals surface area contributed by atoms with Crippen LogP contribution in [0.1, 0.15) is 29.9 Å². The summed E-state index contributed by atoms with van der Waals surface area (Å²) in [6.07, 6.45) is 0.104. The quantitative estimate of drug-likeness (QED) is 0.798. The van der Waals surface area contributed by atoms with Crippen molar-refractivity contribution in [1.29, 1.82) is 0 Å². The van der Waals surface area contributed by atoms with Crippen molar-refractivity contribution in [2.75, 3.05) is 20.1 Å². The van der Waals surface area contributed by atoms with E-state index >= 15 is 0 Å². The molecule has 20 heavy (non-hydrogen) atoms. The lowest BCUT2D eigenvalue weighted by Gasteiger charge is -2.17. The van der Waals surface area contributed by atoms with Crippen LogP contribution in [0.25, 0.3) is 0 Å². The lowest BCUT2D eigenvalue weighted by atomic mass is 10.0. The first kappa shape index (κ1) is 16.7. The number of thiophene rings is 1. The maximum Gasteiger partial charge on any atom is 0.264 e. The Balaban J connectivity index is 2.30. The monoisotopic (exact) mass is 298 g/mol. The molecule has 0 aliphatic heterocycles. The van der Waals surface area contributed by atoms with Gasteiger partial charge in [-0.25, -0.2) is 0 Å². The number of hydrogen-bond donors (Lipinski definition) is 2. The van der Waals surface area contributed by atoms with Crippen LogP contribution < -0.4 is 5.32 Å². The minimum absolute atomic E-state index is 0.0223. The molecule has 0 saturated heterocycles. The predicted octanol–water partition coefficient (Wildman–Crippen LogP) is 1.34. The van der Waals surface area contributed by atoms with Crippen LogP contribution >= 0.6 is 11.3 Å². The molecule has 0 aromatic carbocycles. The number of carbonyl (C=O) groups excluding carboxylic acids is 2. The molecule has 5 nitrogen and oxygen atoms in total. The summed E-state index contributed by atoms with van der Waals surface area (Å²) >= 11 is 1.36. The van der Waals surface area contributed by atoms with E-state index in [1.165, 1.54) is 16.2 Å². The van der Waals surface area contributed by atoms with E-state index < -0.39 is 6.10 Å². The standard InChI is InChI=1S/C14H22N2O3S/c1-10(2)11(17)6-7-15-13(18)9-16(3)14(19)12-5-4-8-20-12/h4-5,8,10-11,17H,6-7,9H2,1-3H3,(H,15,18). The zero-order valence-corrected chi connectivity index (χ0v) is 12.9. The topological polar surface area (TPSA) is 69.6 Å². The van der Waals surface area contributed by atoms with Gasteiger partial charge in [-0.15, -0.1) is 11.3 Å². The molecule has 2 N–H and O–H groups in total. The van der Waals surface area contributed by atoms with Gasteiger partial charge in [0.25, 0.3) is 5.91 Å². The molecular weight excluding hydrogens is 276 g/mol. The molecule has 2 amide bonds. The van der Waals surface area contributed by atoms with Gasteiger partial charge in [-0.3, -0.25) is 9.59 Å². The van der Waals surface area contributed by atoms with Gasteiger partial charge in [0.05, 0.1) is 17.5 Å². The molecule has 6 heteroatoms. The number of likely N-dealkylation sites (N-methyl/N-ethyl adjacent to an activating group) is 1. The zero-order chi connectivity index (χ0) is 15.1. The molecule has 0 radical (unpaired) electrons. The van der Waals surface area contributed by atoms with Gasteiger partial charge < -0.3 is 15.3 Å². The molecule has 0 saturated carbocycles. The van der Waals surface area contributed by atoms with Crippen LogP contribution in [0.2, 0.25) is 0 Å². The molecule has 112 valence electrons. The van der Waals surface area contributed by atoms with E-state index in [2.05, 4.69) is 5.32 Å².